The number of aliphatic hydroxyl groups excluding tert-OH is 1. The number of ketones is 2. The highest BCUT2D eigenvalue weighted by Gasteiger charge is 2.46. The first kappa shape index (κ1) is 8.40. The van der Waals surface area contributed by atoms with E-state index in [-0.39, 0.29) is 11.7 Å². The van der Waals surface area contributed by atoms with Gasteiger partial charge in [0, 0.05) is 0 Å². The van der Waals surface area contributed by atoms with Gasteiger partial charge in [0.15, 0.2) is 0 Å². The van der Waals surface area contributed by atoms with Gasteiger partial charge in [0.2, 0.25) is 11.6 Å². The SMILES string of the molecule is CCCCC1C(=O)C(=O)C1O. The normalized spacial score (nSPS) is 30.4. The topological polar surface area (TPSA) is 54.4 Å². The van der Waals surface area contributed by atoms with Crippen molar-refractivity contribution in [2.75, 3.05) is 0 Å². The van der Waals surface area contributed by atoms with E-state index in [9.17, 15) is 9.59 Å². The average Bonchev–Trinajstić information content (AvgIpc) is 2.04. The van der Waals surface area contributed by atoms with Gasteiger partial charge in [-0.05, 0) is 6.42 Å². The number of hydrogen-bond donors (Lipinski definition) is 1. The molecule has 0 spiro atoms. The first-order chi connectivity index (χ1) is 5.18. The predicted octanol–water partition coefficient (Wildman–Crippen LogP) is 0.305. The Bertz CT molecular complexity index is 186. The number of carbonyl (C=O) groups excluding carboxylic acids is 2. The fraction of sp³-hybridized carbons (Fsp3) is 0.750. The van der Waals surface area contributed by atoms with Gasteiger partial charge < -0.3 is 5.11 Å². The second kappa shape index (κ2) is 3.13. The second-order valence-electron chi connectivity index (χ2n) is 2.92. The van der Waals surface area contributed by atoms with E-state index in [0.29, 0.717) is 6.42 Å². The van der Waals surface area contributed by atoms with Crippen LogP contribution in [-0.2, 0) is 9.59 Å². The Labute approximate surface area is 65.4 Å². The van der Waals surface area contributed by atoms with E-state index in [1.54, 1.807) is 0 Å². The summed E-state index contributed by atoms with van der Waals surface area (Å²) < 4.78 is 0. The average molecular weight is 156 g/mol. The number of carbonyl (C=O) groups is 2. The van der Waals surface area contributed by atoms with Crippen molar-refractivity contribution >= 4 is 11.6 Å². The third-order valence-electron chi connectivity index (χ3n) is 2.10. The molecule has 3 heteroatoms. The van der Waals surface area contributed by atoms with Gasteiger partial charge in [-0.3, -0.25) is 9.59 Å². The zero-order chi connectivity index (χ0) is 8.43. The van der Waals surface area contributed by atoms with Gasteiger partial charge in [-0.25, -0.2) is 0 Å². The van der Waals surface area contributed by atoms with Crippen molar-refractivity contribution in [3.63, 3.8) is 0 Å². The van der Waals surface area contributed by atoms with E-state index in [1.165, 1.54) is 0 Å². The lowest BCUT2D eigenvalue weighted by Gasteiger charge is -2.28. The zero-order valence-electron chi connectivity index (χ0n) is 6.54. The standard InChI is InChI=1S/C8H12O3/c1-2-3-4-5-6(9)8(11)7(5)10/h5-6,9H,2-4H2,1H3. The van der Waals surface area contributed by atoms with E-state index in [1.807, 2.05) is 6.92 Å². The predicted molar refractivity (Wildman–Crippen MR) is 39.0 cm³/mol. The highest BCUT2D eigenvalue weighted by atomic mass is 16.3. The molecule has 0 aliphatic heterocycles. The Morgan fingerprint density at radius 1 is 1.36 bits per heavy atom. The molecule has 0 radical (unpaired) electrons. The molecule has 1 N–H and O–H groups in total. The Balaban J connectivity index is 2.37. The van der Waals surface area contributed by atoms with Crippen LogP contribution >= 0.6 is 0 Å². The van der Waals surface area contributed by atoms with Gasteiger partial charge in [-0.1, -0.05) is 19.8 Å². The van der Waals surface area contributed by atoms with Crippen molar-refractivity contribution in [3.05, 3.63) is 0 Å². The first-order valence-electron chi connectivity index (χ1n) is 3.94. The van der Waals surface area contributed by atoms with Crippen LogP contribution in [0.25, 0.3) is 0 Å². The number of Topliss-reactive ketones (excluding diaryl/α,β-unsaturated/α-hetero) is 2. The largest absolute Gasteiger partial charge is 0.384 e. The van der Waals surface area contributed by atoms with Crippen molar-refractivity contribution in [1.82, 2.24) is 0 Å². The van der Waals surface area contributed by atoms with E-state index < -0.39 is 11.9 Å². The van der Waals surface area contributed by atoms with E-state index in [4.69, 9.17) is 5.11 Å². The third kappa shape index (κ3) is 1.33. The lowest BCUT2D eigenvalue weighted by Crippen LogP contribution is -2.52. The fourth-order valence-corrected chi connectivity index (χ4v) is 1.27. The summed E-state index contributed by atoms with van der Waals surface area (Å²) in [5.74, 6) is -1.38. The molecule has 0 aromatic heterocycles. The van der Waals surface area contributed by atoms with Gasteiger partial charge in [0.05, 0.1) is 5.92 Å². The Morgan fingerprint density at radius 2 is 2.00 bits per heavy atom. The van der Waals surface area contributed by atoms with Crippen LogP contribution < -0.4 is 0 Å². The third-order valence-corrected chi connectivity index (χ3v) is 2.10. The molecule has 0 heterocycles. The summed E-state index contributed by atoms with van der Waals surface area (Å²) in [5.41, 5.74) is 0. The highest BCUT2D eigenvalue weighted by Crippen LogP contribution is 2.24. The van der Waals surface area contributed by atoms with E-state index in [0.717, 1.165) is 12.8 Å². The van der Waals surface area contributed by atoms with E-state index in [2.05, 4.69) is 0 Å². The molecule has 62 valence electrons. The summed E-state index contributed by atoms with van der Waals surface area (Å²) in [6, 6.07) is 0. The molecule has 0 aromatic carbocycles. The monoisotopic (exact) mass is 156 g/mol. The first-order valence-corrected chi connectivity index (χ1v) is 3.94. The lowest BCUT2D eigenvalue weighted by atomic mass is 9.76. The van der Waals surface area contributed by atoms with Crippen molar-refractivity contribution in [2.45, 2.75) is 32.3 Å². The maximum absolute atomic E-state index is 10.8. The Hall–Kier alpha value is -0.700. The van der Waals surface area contributed by atoms with Crippen LogP contribution in [0, 0.1) is 5.92 Å². The van der Waals surface area contributed by atoms with Crippen molar-refractivity contribution < 1.29 is 14.7 Å². The fourth-order valence-electron chi connectivity index (χ4n) is 1.27. The molecule has 2 atom stereocenters. The lowest BCUT2D eigenvalue weighted by molar-refractivity contribution is -0.158. The van der Waals surface area contributed by atoms with Gasteiger partial charge in [-0.2, -0.15) is 0 Å². The molecule has 11 heavy (non-hydrogen) atoms. The molecular formula is C8H12O3. The van der Waals surface area contributed by atoms with Crippen molar-refractivity contribution in [1.29, 1.82) is 0 Å². The zero-order valence-corrected chi connectivity index (χ0v) is 6.54. The minimum atomic E-state index is -0.992. The summed E-state index contributed by atoms with van der Waals surface area (Å²) in [6.07, 6.45) is 1.56. The minimum Gasteiger partial charge on any atom is -0.384 e. The molecule has 0 amide bonds. The molecule has 1 fully saturated rings. The molecule has 0 bridgehead atoms. The number of hydrogen-bond acceptors (Lipinski definition) is 3. The number of aliphatic hydroxyl groups is 1. The van der Waals surface area contributed by atoms with Crippen LogP contribution in [0.1, 0.15) is 26.2 Å². The minimum absolute atomic E-state index is 0.383. The molecule has 0 aromatic rings. The van der Waals surface area contributed by atoms with Crippen LogP contribution in [-0.4, -0.2) is 22.8 Å². The van der Waals surface area contributed by atoms with Crippen LogP contribution in [0.5, 0.6) is 0 Å². The van der Waals surface area contributed by atoms with Crippen LogP contribution in [0.3, 0.4) is 0 Å². The summed E-state index contributed by atoms with van der Waals surface area (Å²) >= 11 is 0. The summed E-state index contributed by atoms with van der Waals surface area (Å²) in [7, 11) is 0. The molecule has 1 aliphatic carbocycles. The molecule has 0 saturated heterocycles. The quantitative estimate of drug-likeness (QED) is 0.598. The van der Waals surface area contributed by atoms with Gasteiger partial charge >= 0.3 is 0 Å². The molecule has 1 aliphatic rings. The molecular weight excluding hydrogens is 144 g/mol. The van der Waals surface area contributed by atoms with Gasteiger partial charge in [-0.15, -0.1) is 0 Å². The number of unbranched alkanes of at least 4 members (excludes halogenated alkanes) is 1. The maximum Gasteiger partial charge on any atom is 0.227 e. The van der Waals surface area contributed by atoms with Crippen LogP contribution in [0.4, 0.5) is 0 Å². The summed E-state index contributed by atoms with van der Waals surface area (Å²) in [5, 5.41) is 9.00. The number of rotatable bonds is 3. The van der Waals surface area contributed by atoms with Crippen molar-refractivity contribution in [3.8, 4) is 0 Å². The smallest absolute Gasteiger partial charge is 0.227 e. The van der Waals surface area contributed by atoms with Crippen LogP contribution in [0.15, 0.2) is 0 Å². The molecule has 2 unspecified atom stereocenters. The Morgan fingerprint density at radius 3 is 2.45 bits per heavy atom. The molecule has 1 saturated carbocycles. The Kier molecular flexibility index (Phi) is 2.39. The molecule has 1 rings (SSSR count). The van der Waals surface area contributed by atoms with Crippen LogP contribution in [0.2, 0.25) is 0 Å². The second-order valence-corrected chi connectivity index (χ2v) is 2.92. The summed E-state index contributed by atoms with van der Waals surface area (Å²) in [4.78, 5) is 21.3. The van der Waals surface area contributed by atoms with E-state index >= 15 is 0 Å². The van der Waals surface area contributed by atoms with Gasteiger partial charge in [0.1, 0.15) is 6.10 Å². The summed E-state index contributed by atoms with van der Waals surface area (Å²) in [6.45, 7) is 2.01. The highest BCUT2D eigenvalue weighted by molar-refractivity contribution is 6.46. The maximum atomic E-state index is 10.8. The van der Waals surface area contributed by atoms with Crippen molar-refractivity contribution in [2.24, 2.45) is 5.92 Å². The molecule has 3 nitrogen and oxygen atoms in total. The van der Waals surface area contributed by atoms with Gasteiger partial charge in [0.25, 0.3) is 0 Å².